The van der Waals surface area contributed by atoms with E-state index in [2.05, 4.69) is 0 Å². The van der Waals surface area contributed by atoms with Crippen molar-refractivity contribution in [2.45, 2.75) is 6.42 Å². The summed E-state index contributed by atoms with van der Waals surface area (Å²) in [4.78, 5) is 69.2. The van der Waals surface area contributed by atoms with Gasteiger partial charge < -0.3 is 0 Å². The van der Waals surface area contributed by atoms with Crippen LogP contribution in [0.3, 0.4) is 0 Å². The number of nitrogens with one attached hydrogen (secondary N) is 1. The van der Waals surface area contributed by atoms with Gasteiger partial charge in [-0.05, 0) is 41.8 Å². The van der Waals surface area contributed by atoms with Crippen molar-refractivity contribution < 1.29 is 28.8 Å². The fourth-order valence-electron chi connectivity index (χ4n) is 3.43. The first-order valence-corrected chi connectivity index (χ1v) is 10.1. The maximum atomic E-state index is 11.7. The molecular formula is C25H17N3O6. The standard InChI is InChI=1S/C21H14N2O4.C4H3NO2/c24-18-9-10-19(25)22(18)16-5-1-14(2-6-16)13-15-3-7-17(8-4-15)23-20(26)11-12-21(23)27;6-3-1-2-4(7)5-3/h1-12H,13H2;1-2H,(H,5,6,7). The van der Waals surface area contributed by atoms with Crippen LogP contribution in [0, 0.1) is 0 Å². The normalized spacial score (nSPS) is 16.5. The maximum Gasteiger partial charge on any atom is 0.258 e. The zero-order valence-corrected chi connectivity index (χ0v) is 17.6. The molecule has 0 bridgehead atoms. The number of carbonyl (C=O) groups excluding carboxylic acids is 6. The van der Waals surface area contributed by atoms with Crippen LogP contribution in [0.5, 0.6) is 0 Å². The minimum atomic E-state index is -0.344. The average molecular weight is 455 g/mol. The molecule has 6 amide bonds. The van der Waals surface area contributed by atoms with Crippen molar-refractivity contribution in [3.05, 3.63) is 96.1 Å². The van der Waals surface area contributed by atoms with Crippen LogP contribution in [-0.4, -0.2) is 35.4 Å². The van der Waals surface area contributed by atoms with Crippen molar-refractivity contribution >= 4 is 46.8 Å². The van der Waals surface area contributed by atoms with Gasteiger partial charge in [-0.15, -0.1) is 0 Å². The average Bonchev–Trinajstić information content (AvgIpc) is 3.48. The highest BCUT2D eigenvalue weighted by Crippen LogP contribution is 2.23. The number of anilines is 2. The first-order valence-electron chi connectivity index (χ1n) is 10.1. The van der Waals surface area contributed by atoms with Gasteiger partial charge in [0.05, 0.1) is 11.4 Å². The number of amides is 6. The van der Waals surface area contributed by atoms with Crippen molar-refractivity contribution in [1.82, 2.24) is 5.32 Å². The highest BCUT2D eigenvalue weighted by Gasteiger charge is 2.25. The Labute approximate surface area is 193 Å². The van der Waals surface area contributed by atoms with E-state index in [4.69, 9.17) is 0 Å². The number of hydrogen-bond donors (Lipinski definition) is 1. The lowest BCUT2D eigenvalue weighted by Gasteiger charge is -2.15. The van der Waals surface area contributed by atoms with Crippen LogP contribution in [0.1, 0.15) is 11.1 Å². The van der Waals surface area contributed by atoms with Crippen molar-refractivity contribution in [2.24, 2.45) is 0 Å². The fraction of sp³-hybridized carbons (Fsp3) is 0.0400. The highest BCUT2D eigenvalue weighted by atomic mass is 16.2. The van der Waals surface area contributed by atoms with E-state index in [1.54, 1.807) is 24.3 Å². The molecule has 1 N–H and O–H groups in total. The van der Waals surface area contributed by atoms with E-state index < -0.39 is 0 Å². The summed E-state index contributed by atoms with van der Waals surface area (Å²) < 4.78 is 0. The van der Waals surface area contributed by atoms with Gasteiger partial charge in [-0.25, -0.2) is 9.80 Å². The predicted octanol–water partition coefficient (Wildman–Crippen LogP) is 1.34. The SMILES string of the molecule is O=C1C=CC(=O)N1.O=C1C=CC(=O)N1c1ccc(Cc2ccc(N3C(=O)C=CC3=O)cc2)cc1. The van der Waals surface area contributed by atoms with Gasteiger partial charge in [-0.2, -0.15) is 0 Å². The van der Waals surface area contributed by atoms with Gasteiger partial charge in [0.2, 0.25) is 0 Å². The summed E-state index contributed by atoms with van der Waals surface area (Å²) in [6.07, 6.45) is 8.05. The first kappa shape index (κ1) is 22.3. The van der Waals surface area contributed by atoms with Gasteiger partial charge in [0.15, 0.2) is 0 Å². The Bertz CT molecular complexity index is 1170. The Balaban J connectivity index is 0.000000336. The van der Waals surface area contributed by atoms with Crippen molar-refractivity contribution in [2.75, 3.05) is 9.80 Å². The van der Waals surface area contributed by atoms with E-state index in [1.165, 1.54) is 36.5 Å². The quantitative estimate of drug-likeness (QED) is 0.695. The van der Waals surface area contributed by atoms with E-state index in [0.717, 1.165) is 20.9 Å². The molecule has 3 aliphatic rings. The number of rotatable bonds is 4. The Morgan fingerprint density at radius 2 is 0.794 bits per heavy atom. The largest absolute Gasteiger partial charge is 0.289 e. The fourth-order valence-corrected chi connectivity index (χ4v) is 3.43. The molecule has 2 aromatic carbocycles. The summed E-state index contributed by atoms with van der Waals surface area (Å²) in [5, 5.41) is 2.03. The van der Waals surface area contributed by atoms with Crippen LogP contribution in [0.15, 0.2) is 85.0 Å². The van der Waals surface area contributed by atoms with E-state index in [1.807, 2.05) is 29.6 Å². The van der Waals surface area contributed by atoms with Gasteiger partial charge in [0, 0.05) is 36.5 Å². The molecule has 2 aromatic rings. The molecule has 0 fully saturated rings. The van der Waals surface area contributed by atoms with E-state index >= 15 is 0 Å². The van der Waals surface area contributed by atoms with Crippen LogP contribution in [0.2, 0.25) is 0 Å². The number of carbonyl (C=O) groups is 6. The second-order valence-electron chi connectivity index (χ2n) is 7.39. The third-order valence-electron chi connectivity index (χ3n) is 5.05. The van der Waals surface area contributed by atoms with Gasteiger partial charge in [0.1, 0.15) is 0 Å². The highest BCUT2D eigenvalue weighted by molar-refractivity contribution is 6.28. The predicted molar refractivity (Wildman–Crippen MR) is 121 cm³/mol. The maximum absolute atomic E-state index is 11.7. The van der Waals surface area contributed by atoms with Crippen molar-refractivity contribution in [1.29, 1.82) is 0 Å². The van der Waals surface area contributed by atoms with Crippen molar-refractivity contribution in [3.8, 4) is 0 Å². The van der Waals surface area contributed by atoms with Crippen LogP contribution in [0.25, 0.3) is 0 Å². The van der Waals surface area contributed by atoms with Gasteiger partial charge in [-0.1, -0.05) is 24.3 Å². The molecule has 0 aromatic heterocycles. The Morgan fingerprint density at radius 3 is 1.06 bits per heavy atom. The van der Waals surface area contributed by atoms with Gasteiger partial charge >= 0.3 is 0 Å². The molecule has 0 radical (unpaired) electrons. The number of imide groups is 3. The number of nitrogens with zero attached hydrogens (tertiary/aromatic N) is 2. The van der Waals surface area contributed by atoms with Gasteiger partial charge in [-0.3, -0.25) is 34.1 Å². The lowest BCUT2D eigenvalue weighted by atomic mass is 10.0. The zero-order valence-electron chi connectivity index (χ0n) is 17.6. The lowest BCUT2D eigenvalue weighted by molar-refractivity contribution is -0.124. The zero-order chi connectivity index (χ0) is 24.2. The van der Waals surface area contributed by atoms with Crippen molar-refractivity contribution in [3.63, 3.8) is 0 Å². The smallest absolute Gasteiger partial charge is 0.258 e. The summed E-state index contributed by atoms with van der Waals surface area (Å²) in [6.45, 7) is 0. The van der Waals surface area contributed by atoms with E-state index in [-0.39, 0.29) is 35.4 Å². The molecule has 0 atom stereocenters. The molecule has 0 aliphatic carbocycles. The van der Waals surface area contributed by atoms with Crippen LogP contribution >= 0.6 is 0 Å². The summed E-state index contributed by atoms with van der Waals surface area (Å²) >= 11 is 0. The van der Waals surface area contributed by atoms with Crippen LogP contribution < -0.4 is 15.1 Å². The van der Waals surface area contributed by atoms with Gasteiger partial charge in [0.25, 0.3) is 35.4 Å². The molecule has 0 saturated heterocycles. The molecule has 5 rings (SSSR count). The van der Waals surface area contributed by atoms with E-state index in [0.29, 0.717) is 17.8 Å². The second-order valence-corrected chi connectivity index (χ2v) is 7.39. The third kappa shape index (κ3) is 4.78. The van der Waals surface area contributed by atoms with E-state index in [9.17, 15) is 28.8 Å². The Kier molecular flexibility index (Phi) is 6.09. The third-order valence-corrected chi connectivity index (χ3v) is 5.05. The molecule has 3 heterocycles. The summed E-state index contributed by atoms with van der Waals surface area (Å²) in [5.74, 6) is -2.03. The molecule has 9 heteroatoms. The summed E-state index contributed by atoms with van der Waals surface area (Å²) in [7, 11) is 0. The summed E-state index contributed by atoms with van der Waals surface area (Å²) in [6, 6.07) is 14.4. The first-order chi connectivity index (χ1) is 16.3. The minimum absolute atomic E-state index is 0.329. The van der Waals surface area contributed by atoms with Crippen LogP contribution in [0.4, 0.5) is 11.4 Å². The minimum Gasteiger partial charge on any atom is -0.289 e. The molecule has 0 unspecified atom stereocenters. The monoisotopic (exact) mass is 455 g/mol. The molecule has 168 valence electrons. The molecule has 0 spiro atoms. The second kappa shape index (κ2) is 9.29. The Morgan fingerprint density at radius 1 is 0.471 bits per heavy atom. The molecular weight excluding hydrogens is 438 g/mol. The molecule has 34 heavy (non-hydrogen) atoms. The lowest BCUT2D eigenvalue weighted by Crippen LogP contribution is -2.29. The molecule has 9 nitrogen and oxygen atoms in total. The topological polar surface area (TPSA) is 121 Å². The molecule has 0 saturated carbocycles. The Hall–Kier alpha value is -4.92. The molecule has 3 aliphatic heterocycles. The number of hydrogen-bond acceptors (Lipinski definition) is 6. The van der Waals surface area contributed by atoms with Crippen LogP contribution in [-0.2, 0) is 35.2 Å². The number of benzene rings is 2. The summed E-state index contributed by atoms with van der Waals surface area (Å²) in [5.41, 5.74) is 3.09.